The van der Waals surface area contributed by atoms with E-state index in [1.165, 1.54) is 25.7 Å². The Labute approximate surface area is 232 Å². The van der Waals surface area contributed by atoms with Crippen molar-refractivity contribution in [2.75, 3.05) is 46.8 Å². The van der Waals surface area contributed by atoms with Gasteiger partial charge in [-0.15, -0.1) is 0 Å². The third kappa shape index (κ3) is 9.22. The Morgan fingerprint density at radius 1 is 0.947 bits per heavy atom. The van der Waals surface area contributed by atoms with Crippen LogP contribution < -0.4 is 5.32 Å². The van der Waals surface area contributed by atoms with E-state index in [1.54, 1.807) is 6.92 Å². The second-order valence-electron chi connectivity index (χ2n) is 13.3. The maximum atomic E-state index is 13.7. The number of piperidine rings is 1. The van der Waals surface area contributed by atoms with Gasteiger partial charge < -0.3 is 15.1 Å². The Hall–Kier alpha value is -1.67. The van der Waals surface area contributed by atoms with Gasteiger partial charge in [-0.25, -0.2) is 0 Å². The van der Waals surface area contributed by atoms with Gasteiger partial charge in [0, 0.05) is 45.7 Å². The van der Waals surface area contributed by atoms with Crippen LogP contribution in [0.15, 0.2) is 0 Å². The van der Waals surface area contributed by atoms with Crippen molar-refractivity contribution in [3.63, 3.8) is 0 Å². The van der Waals surface area contributed by atoms with Crippen molar-refractivity contribution in [3.8, 4) is 0 Å². The molecule has 4 atom stereocenters. The van der Waals surface area contributed by atoms with Gasteiger partial charge in [-0.1, -0.05) is 41.0 Å². The second kappa shape index (κ2) is 14.6. The van der Waals surface area contributed by atoms with Crippen LogP contribution in [-0.4, -0.2) is 108 Å². The van der Waals surface area contributed by atoms with Crippen LogP contribution >= 0.6 is 0 Å². The van der Waals surface area contributed by atoms with Crippen molar-refractivity contribution >= 4 is 17.7 Å². The molecule has 3 aliphatic heterocycles. The van der Waals surface area contributed by atoms with Gasteiger partial charge in [0.15, 0.2) is 0 Å². The molecule has 220 valence electrons. The molecular formula is C30H57N5O3. The second-order valence-corrected chi connectivity index (χ2v) is 13.3. The SMILES string of the molecule is CC(=O)N1CCCC1.CC(C)C(CN1CCC[C@H]1C)N(C)C(=O)C(NC(=O)C1CCCCN1C)C(C)(C)C. The molecule has 3 saturated heterocycles. The minimum Gasteiger partial charge on any atom is -0.343 e. The normalized spacial score (nSPS) is 24.5. The molecule has 0 bridgehead atoms. The summed E-state index contributed by atoms with van der Waals surface area (Å²) in [6.07, 6.45) is 7.93. The first-order valence-electron chi connectivity index (χ1n) is 15.0. The summed E-state index contributed by atoms with van der Waals surface area (Å²) in [6, 6.07) is 0.0579. The molecule has 0 aliphatic carbocycles. The molecule has 0 radical (unpaired) electrons. The highest BCUT2D eigenvalue weighted by Gasteiger charge is 2.40. The van der Waals surface area contributed by atoms with Gasteiger partial charge in [0.2, 0.25) is 17.7 Å². The number of nitrogens with one attached hydrogen (secondary N) is 1. The molecule has 3 rings (SSSR count). The Kier molecular flexibility index (Phi) is 12.5. The smallest absolute Gasteiger partial charge is 0.245 e. The minimum absolute atomic E-state index is 0.00635. The van der Waals surface area contributed by atoms with Crippen LogP contribution in [-0.2, 0) is 14.4 Å². The molecule has 3 aliphatic rings. The lowest BCUT2D eigenvalue weighted by Crippen LogP contribution is -2.60. The molecule has 0 aromatic heterocycles. The molecule has 3 fully saturated rings. The van der Waals surface area contributed by atoms with E-state index in [-0.39, 0.29) is 35.2 Å². The van der Waals surface area contributed by atoms with Crippen LogP contribution in [0.3, 0.4) is 0 Å². The number of amides is 3. The fourth-order valence-electron chi connectivity index (χ4n) is 5.98. The average molecular weight is 536 g/mol. The van der Waals surface area contributed by atoms with Gasteiger partial charge in [0.05, 0.1) is 6.04 Å². The minimum atomic E-state index is -0.525. The van der Waals surface area contributed by atoms with Crippen molar-refractivity contribution in [2.24, 2.45) is 11.3 Å². The molecule has 3 amide bonds. The zero-order valence-corrected chi connectivity index (χ0v) is 25.9. The van der Waals surface area contributed by atoms with E-state index in [0.29, 0.717) is 12.0 Å². The number of nitrogens with zero attached hydrogens (tertiary/aromatic N) is 4. The molecule has 0 spiro atoms. The first kappa shape index (κ1) is 32.5. The topological polar surface area (TPSA) is 76.2 Å². The molecule has 0 aromatic rings. The van der Waals surface area contributed by atoms with Gasteiger partial charge in [0.25, 0.3) is 0 Å². The predicted octanol–water partition coefficient (Wildman–Crippen LogP) is 3.60. The lowest BCUT2D eigenvalue weighted by molar-refractivity contribution is -0.142. The fourth-order valence-corrected chi connectivity index (χ4v) is 5.98. The zero-order chi connectivity index (χ0) is 28.6. The molecule has 0 saturated carbocycles. The number of hydrogen-bond acceptors (Lipinski definition) is 5. The monoisotopic (exact) mass is 535 g/mol. The van der Waals surface area contributed by atoms with Gasteiger partial charge >= 0.3 is 0 Å². The molecular weight excluding hydrogens is 478 g/mol. The zero-order valence-electron chi connectivity index (χ0n) is 25.9. The van der Waals surface area contributed by atoms with Crippen molar-refractivity contribution in [3.05, 3.63) is 0 Å². The number of carbonyl (C=O) groups excluding carboxylic acids is 3. The largest absolute Gasteiger partial charge is 0.343 e. The first-order valence-corrected chi connectivity index (χ1v) is 15.0. The van der Waals surface area contributed by atoms with E-state index >= 15 is 0 Å². The van der Waals surface area contributed by atoms with Gasteiger partial charge in [0.1, 0.15) is 6.04 Å². The van der Waals surface area contributed by atoms with Gasteiger partial charge in [-0.2, -0.15) is 0 Å². The van der Waals surface area contributed by atoms with E-state index in [0.717, 1.165) is 52.0 Å². The van der Waals surface area contributed by atoms with E-state index in [1.807, 2.05) is 44.7 Å². The summed E-state index contributed by atoms with van der Waals surface area (Å²) in [5.74, 6) is 0.600. The highest BCUT2D eigenvalue weighted by Crippen LogP contribution is 2.26. The lowest BCUT2D eigenvalue weighted by atomic mass is 9.84. The van der Waals surface area contributed by atoms with Crippen LogP contribution in [0.1, 0.15) is 93.4 Å². The van der Waals surface area contributed by atoms with E-state index in [2.05, 4.69) is 35.9 Å². The highest BCUT2D eigenvalue weighted by molar-refractivity contribution is 5.90. The molecule has 1 N–H and O–H groups in total. The summed E-state index contributed by atoms with van der Waals surface area (Å²) in [4.78, 5) is 45.8. The molecule has 38 heavy (non-hydrogen) atoms. The summed E-state index contributed by atoms with van der Waals surface area (Å²) in [5, 5.41) is 3.15. The van der Waals surface area contributed by atoms with Gasteiger partial charge in [-0.3, -0.25) is 24.2 Å². The summed E-state index contributed by atoms with van der Waals surface area (Å²) in [7, 11) is 3.93. The number of hydrogen-bond donors (Lipinski definition) is 1. The lowest BCUT2D eigenvalue weighted by Gasteiger charge is -2.41. The van der Waals surface area contributed by atoms with Crippen LogP contribution in [0.4, 0.5) is 0 Å². The third-order valence-corrected chi connectivity index (χ3v) is 8.75. The van der Waals surface area contributed by atoms with E-state index in [9.17, 15) is 14.4 Å². The molecule has 3 heterocycles. The van der Waals surface area contributed by atoms with Crippen LogP contribution in [0.2, 0.25) is 0 Å². The maximum Gasteiger partial charge on any atom is 0.245 e. The number of likely N-dealkylation sites (tertiary alicyclic amines) is 3. The number of rotatable bonds is 7. The van der Waals surface area contributed by atoms with Crippen LogP contribution in [0.25, 0.3) is 0 Å². The summed E-state index contributed by atoms with van der Waals surface area (Å²) in [5.41, 5.74) is -0.350. The van der Waals surface area contributed by atoms with Crippen LogP contribution in [0, 0.1) is 11.3 Å². The van der Waals surface area contributed by atoms with Crippen molar-refractivity contribution < 1.29 is 14.4 Å². The molecule has 3 unspecified atom stereocenters. The summed E-state index contributed by atoms with van der Waals surface area (Å²) >= 11 is 0. The van der Waals surface area contributed by atoms with E-state index in [4.69, 9.17) is 0 Å². The van der Waals surface area contributed by atoms with Crippen molar-refractivity contribution in [1.82, 2.24) is 24.9 Å². The van der Waals surface area contributed by atoms with E-state index < -0.39 is 6.04 Å². The number of carbonyl (C=O) groups is 3. The van der Waals surface area contributed by atoms with Crippen molar-refractivity contribution in [2.45, 2.75) is 118 Å². The Morgan fingerprint density at radius 2 is 1.55 bits per heavy atom. The van der Waals surface area contributed by atoms with Crippen molar-refractivity contribution in [1.29, 1.82) is 0 Å². The Balaban J connectivity index is 0.000000538. The standard InChI is InChI=1S/C24H46N4O2.C6H11NO/c1-17(2)20(16-28-15-11-12-18(28)3)27(8)23(30)21(24(4,5)6)25-22(29)19-13-9-10-14-26(19)7;1-6(8)7-4-2-3-5-7/h17-21H,9-16H2,1-8H3,(H,25,29);2-5H2,1H3/t18-,19?,20?,21?;/m1./s1. The van der Waals surface area contributed by atoms with Crippen LogP contribution in [0.5, 0.6) is 0 Å². The average Bonchev–Trinajstić information content (AvgIpc) is 3.52. The molecule has 8 heteroatoms. The summed E-state index contributed by atoms with van der Waals surface area (Å²) < 4.78 is 0. The highest BCUT2D eigenvalue weighted by atomic mass is 16.2. The maximum absolute atomic E-state index is 13.7. The first-order chi connectivity index (χ1) is 17.7. The molecule has 8 nitrogen and oxygen atoms in total. The number of likely N-dealkylation sites (N-methyl/N-ethyl adjacent to an activating group) is 2. The van der Waals surface area contributed by atoms with Gasteiger partial charge in [-0.05, 0) is 76.9 Å². The Bertz CT molecular complexity index is 774. The third-order valence-electron chi connectivity index (χ3n) is 8.75. The molecule has 0 aromatic carbocycles. The fraction of sp³-hybridized carbons (Fsp3) is 0.900. The summed E-state index contributed by atoms with van der Waals surface area (Å²) in [6.45, 7) is 19.3. The quantitative estimate of drug-likeness (QED) is 0.539. The predicted molar refractivity (Wildman–Crippen MR) is 155 cm³/mol. The Morgan fingerprint density at radius 3 is 2.00 bits per heavy atom.